The van der Waals surface area contributed by atoms with Crippen LogP contribution < -0.4 is 48.0 Å². The fourth-order valence-electron chi connectivity index (χ4n) is 4.35. The minimum absolute atomic E-state index is 0. The standard InChI is InChI=1S/C26H34N2S2.2HI/c1-21-27-23-15-9-11-17-25(23)29(21)19-13-7-5-3-4-6-8-14-20-30-22(2)28-24-16-10-12-18-26(24)30;;/h9-12,15-18H,3-8,13-14,19-20H2,1-2H3;2*1H/q+2;;/p-2. The maximum absolute atomic E-state index is 4.76. The highest BCUT2D eigenvalue weighted by Crippen LogP contribution is 2.36. The first-order valence-corrected chi connectivity index (χ1v) is 14.2. The van der Waals surface area contributed by atoms with Crippen molar-refractivity contribution in [2.45, 2.75) is 76.7 Å². The number of thiazole rings is 2. The molecule has 2 nitrogen and oxygen atoms in total. The Morgan fingerprint density at radius 1 is 0.531 bits per heavy atom. The van der Waals surface area contributed by atoms with E-state index in [2.05, 4.69) is 62.4 Å². The van der Waals surface area contributed by atoms with Crippen LogP contribution in [0.4, 0.5) is 0 Å². The van der Waals surface area contributed by atoms with Gasteiger partial charge in [0.15, 0.2) is 0 Å². The highest BCUT2D eigenvalue weighted by atomic mass is 127. The van der Waals surface area contributed by atoms with Crippen LogP contribution in [0.25, 0.3) is 20.4 Å². The number of aryl methyl sites for hydroxylation is 4. The van der Waals surface area contributed by atoms with E-state index in [1.54, 1.807) is 0 Å². The summed E-state index contributed by atoms with van der Waals surface area (Å²) in [5.74, 6) is 2.58. The highest BCUT2D eigenvalue weighted by molar-refractivity contribution is 7.36. The summed E-state index contributed by atoms with van der Waals surface area (Å²) >= 11 is 0. The van der Waals surface area contributed by atoms with E-state index in [-0.39, 0.29) is 68.9 Å². The number of aromatic nitrogens is 2. The van der Waals surface area contributed by atoms with Crippen LogP contribution in [0.1, 0.15) is 61.4 Å². The first-order chi connectivity index (χ1) is 14.7. The average molecular weight is 693 g/mol. The minimum Gasteiger partial charge on any atom is -1.00 e. The normalized spacial score (nSPS) is 12.1. The van der Waals surface area contributed by atoms with Gasteiger partial charge in [-0.3, -0.25) is 0 Å². The number of hydrogen-bond acceptors (Lipinski definition) is 2. The van der Waals surface area contributed by atoms with Gasteiger partial charge in [-0.05, 0) is 37.8 Å². The monoisotopic (exact) mass is 692 g/mol. The van der Waals surface area contributed by atoms with Crippen molar-refractivity contribution in [3.63, 3.8) is 0 Å². The number of para-hydroxylation sites is 2. The molecule has 2 aromatic carbocycles. The number of rotatable bonds is 11. The molecule has 6 heteroatoms. The lowest BCUT2D eigenvalue weighted by atomic mass is 10.1. The van der Waals surface area contributed by atoms with Crippen LogP contribution in [-0.2, 0) is 11.5 Å². The molecule has 0 fully saturated rings. The number of benzene rings is 2. The predicted molar refractivity (Wildman–Crippen MR) is 135 cm³/mol. The Bertz CT molecular complexity index is 1020. The summed E-state index contributed by atoms with van der Waals surface area (Å²) in [7, 11) is 0.525. The van der Waals surface area contributed by atoms with Gasteiger partial charge in [-0.15, -0.1) is 0 Å². The third kappa shape index (κ3) is 7.09. The lowest BCUT2D eigenvalue weighted by molar-refractivity contribution is -0.001000. The average Bonchev–Trinajstić information content (AvgIpc) is 3.25. The zero-order chi connectivity index (χ0) is 20.8. The fourth-order valence-corrected chi connectivity index (χ4v) is 8.64. The molecule has 0 saturated carbocycles. The number of unbranched alkanes of at least 4 members (excludes halogenated alkanes) is 7. The molecule has 2 aromatic heterocycles. The van der Waals surface area contributed by atoms with E-state index >= 15 is 0 Å². The fraction of sp³-hybridized carbons (Fsp3) is 0.462. The maximum Gasteiger partial charge on any atom is 0.240 e. The molecule has 4 aromatic rings. The predicted octanol–water partition coefficient (Wildman–Crippen LogP) is 2.73. The molecule has 0 saturated heterocycles. The van der Waals surface area contributed by atoms with Gasteiger partial charge in [-0.2, -0.15) is 9.97 Å². The van der Waals surface area contributed by atoms with E-state index in [9.17, 15) is 0 Å². The molecule has 0 radical (unpaired) electrons. The zero-order valence-electron chi connectivity index (χ0n) is 19.2. The summed E-state index contributed by atoms with van der Waals surface area (Å²) in [6.45, 7) is 4.42. The largest absolute Gasteiger partial charge is 1.00 e. The number of nitrogens with zero attached hydrogens (tertiary/aromatic N) is 2. The smallest absolute Gasteiger partial charge is 0.240 e. The van der Waals surface area contributed by atoms with Crippen molar-refractivity contribution in [3.05, 3.63) is 58.5 Å². The minimum atomic E-state index is 0. The maximum atomic E-state index is 4.76. The van der Waals surface area contributed by atoms with Gasteiger partial charge in [0.05, 0.1) is 0 Å². The van der Waals surface area contributed by atoms with Crippen molar-refractivity contribution in [2.24, 2.45) is 0 Å². The summed E-state index contributed by atoms with van der Waals surface area (Å²) in [6, 6.07) is 17.4. The van der Waals surface area contributed by atoms with Gasteiger partial charge in [0, 0.05) is 46.9 Å². The summed E-state index contributed by atoms with van der Waals surface area (Å²) in [5.41, 5.74) is 2.42. The lowest BCUT2D eigenvalue weighted by Gasteiger charge is -2.00. The van der Waals surface area contributed by atoms with Crippen LogP contribution >= 0.6 is 20.9 Å². The van der Waals surface area contributed by atoms with Gasteiger partial charge in [-0.25, -0.2) is 0 Å². The SMILES string of the molecule is Cc1nc2ccccc2[s+]1CCCCCCCCCC[s+]1c(C)nc2ccccc21.[I-].[I-]. The first kappa shape index (κ1) is 27.9. The van der Waals surface area contributed by atoms with Crippen molar-refractivity contribution in [1.29, 1.82) is 0 Å². The molecule has 0 spiro atoms. The molecule has 0 aliphatic rings. The Kier molecular flexibility index (Phi) is 12.4. The van der Waals surface area contributed by atoms with Crippen molar-refractivity contribution >= 4 is 41.4 Å². The van der Waals surface area contributed by atoms with Crippen molar-refractivity contribution in [2.75, 3.05) is 0 Å². The van der Waals surface area contributed by atoms with Crippen LogP contribution in [-0.4, -0.2) is 9.97 Å². The van der Waals surface area contributed by atoms with Gasteiger partial charge in [0.1, 0.15) is 22.5 Å². The number of hydrogen-bond donors (Lipinski definition) is 0. The molecule has 4 rings (SSSR count). The second-order valence-corrected chi connectivity index (χ2v) is 12.7. The summed E-state index contributed by atoms with van der Waals surface area (Å²) < 4.78 is 2.95. The van der Waals surface area contributed by atoms with Crippen LogP contribution in [0.5, 0.6) is 0 Å². The Morgan fingerprint density at radius 2 is 0.875 bits per heavy atom. The Labute approximate surface area is 232 Å². The number of fused-ring (bicyclic) bond motifs is 2. The molecule has 0 N–H and O–H groups in total. The molecule has 32 heavy (non-hydrogen) atoms. The van der Waals surface area contributed by atoms with Crippen LogP contribution in [0.3, 0.4) is 0 Å². The quantitative estimate of drug-likeness (QED) is 0.138. The van der Waals surface area contributed by atoms with E-state index in [0.29, 0.717) is 0 Å². The topological polar surface area (TPSA) is 25.8 Å². The van der Waals surface area contributed by atoms with Gasteiger partial charge < -0.3 is 48.0 Å². The Hall–Kier alpha value is -0.320. The summed E-state index contributed by atoms with van der Waals surface area (Å²) in [4.78, 5) is 9.52. The second kappa shape index (κ2) is 14.2. The third-order valence-corrected chi connectivity index (χ3v) is 10.7. The Balaban J connectivity index is 0.00000181. The summed E-state index contributed by atoms with van der Waals surface area (Å²) in [6.07, 6.45) is 11.0. The van der Waals surface area contributed by atoms with Crippen LogP contribution in [0, 0.1) is 13.8 Å². The molecule has 0 aliphatic carbocycles. The lowest BCUT2D eigenvalue weighted by Crippen LogP contribution is -3.00. The molecule has 0 aliphatic heterocycles. The molecule has 2 heterocycles. The highest BCUT2D eigenvalue weighted by Gasteiger charge is 2.19. The van der Waals surface area contributed by atoms with Gasteiger partial charge >= 0.3 is 0 Å². The summed E-state index contributed by atoms with van der Waals surface area (Å²) in [5, 5.41) is 2.67. The molecular weight excluding hydrogens is 658 g/mol. The van der Waals surface area contributed by atoms with Crippen molar-refractivity contribution in [3.8, 4) is 0 Å². The molecule has 2 unspecified atom stereocenters. The van der Waals surface area contributed by atoms with E-state index in [0.717, 1.165) is 0 Å². The molecular formula is C26H34I2N2S2. The zero-order valence-corrected chi connectivity index (χ0v) is 25.1. The molecule has 0 amide bonds. The van der Waals surface area contributed by atoms with E-state index in [1.807, 2.05) is 0 Å². The molecule has 2 atom stereocenters. The van der Waals surface area contributed by atoms with E-state index in [1.165, 1.54) is 93.3 Å². The van der Waals surface area contributed by atoms with Gasteiger partial charge in [0.25, 0.3) is 0 Å². The Morgan fingerprint density at radius 3 is 1.28 bits per heavy atom. The first-order valence-electron chi connectivity index (χ1n) is 11.4. The van der Waals surface area contributed by atoms with Gasteiger partial charge in [-0.1, -0.05) is 49.9 Å². The van der Waals surface area contributed by atoms with Crippen molar-refractivity contribution in [1.82, 2.24) is 9.97 Å². The second-order valence-electron chi connectivity index (χ2n) is 8.22. The van der Waals surface area contributed by atoms with Crippen LogP contribution in [0.15, 0.2) is 48.5 Å². The van der Waals surface area contributed by atoms with E-state index in [4.69, 9.17) is 9.97 Å². The molecule has 0 bridgehead atoms. The van der Waals surface area contributed by atoms with E-state index < -0.39 is 0 Å². The van der Waals surface area contributed by atoms with Crippen LogP contribution in [0.2, 0.25) is 0 Å². The third-order valence-electron chi connectivity index (χ3n) is 5.98. The molecule has 174 valence electrons. The van der Waals surface area contributed by atoms with Crippen molar-refractivity contribution < 1.29 is 48.0 Å². The number of halogens is 2. The van der Waals surface area contributed by atoms with Gasteiger partial charge in [0.2, 0.25) is 19.4 Å².